The molecular weight excluding hydrogens is 199 g/mol. The van der Waals surface area contributed by atoms with Gasteiger partial charge in [0.1, 0.15) is 11.8 Å². The minimum absolute atomic E-state index is 0.194. The Hall–Kier alpha value is -0.840. The van der Waals surface area contributed by atoms with Crippen LogP contribution in [0, 0.1) is 0 Å². The lowest BCUT2D eigenvalue weighted by atomic mass is 10.1. The molecule has 2 atom stereocenters. The van der Waals surface area contributed by atoms with E-state index >= 15 is 0 Å². The predicted molar refractivity (Wildman–Crippen MR) is 55.0 cm³/mol. The molecule has 0 aromatic carbocycles. The number of nitrogens with two attached hydrogens (primary N) is 1. The smallest absolute Gasteiger partial charge is 0.411 e. The van der Waals surface area contributed by atoms with Crippen molar-refractivity contribution in [1.29, 1.82) is 0 Å². The molecule has 1 amide bonds. The van der Waals surface area contributed by atoms with Gasteiger partial charge in [-0.2, -0.15) is 0 Å². The van der Waals surface area contributed by atoms with Gasteiger partial charge in [0.15, 0.2) is 0 Å². The highest BCUT2D eigenvalue weighted by Gasteiger charge is 2.31. The zero-order valence-electron chi connectivity index (χ0n) is 9.50. The highest BCUT2D eigenvalue weighted by Crippen LogP contribution is 2.19. The van der Waals surface area contributed by atoms with Crippen LogP contribution in [0.2, 0.25) is 0 Å². The van der Waals surface area contributed by atoms with Crippen LogP contribution in [0.4, 0.5) is 9.18 Å². The molecule has 1 fully saturated rings. The third-order valence-corrected chi connectivity index (χ3v) is 2.21. The van der Waals surface area contributed by atoms with E-state index in [1.54, 1.807) is 20.8 Å². The van der Waals surface area contributed by atoms with Crippen molar-refractivity contribution >= 4 is 6.09 Å². The van der Waals surface area contributed by atoms with Gasteiger partial charge in [0.2, 0.25) is 0 Å². The van der Waals surface area contributed by atoms with E-state index in [4.69, 9.17) is 10.5 Å². The van der Waals surface area contributed by atoms with E-state index in [0.717, 1.165) is 0 Å². The van der Waals surface area contributed by atoms with Gasteiger partial charge in [-0.15, -0.1) is 0 Å². The highest BCUT2D eigenvalue weighted by molar-refractivity contribution is 5.68. The zero-order chi connectivity index (χ0) is 11.6. The number of piperidine rings is 1. The molecule has 0 aliphatic carbocycles. The van der Waals surface area contributed by atoms with Gasteiger partial charge < -0.3 is 10.5 Å². The van der Waals surface area contributed by atoms with Crippen LogP contribution in [0.1, 0.15) is 33.6 Å². The molecule has 0 radical (unpaired) electrons. The lowest BCUT2D eigenvalue weighted by Crippen LogP contribution is -2.52. The van der Waals surface area contributed by atoms with Gasteiger partial charge in [-0.1, -0.05) is 0 Å². The molecule has 1 aliphatic rings. The Labute approximate surface area is 89.6 Å². The van der Waals surface area contributed by atoms with Crippen molar-refractivity contribution in [3.8, 4) is 0 Å². The average Bonchev–Trinajstić information content (AvgIpc) is 1.99. The van der Waals surface area contributed by atoms with Gasteiger partial charge in [0.05, 0.1) is 6.17 Å². The number of nitrogens with zero attached hydrogens (tertiary/aromatic N) is 1. The Morgan fingerprint density at radius 2 is 2.13 bits per heavy atom. The third-order valence-electron chi connectivity index (χ3n) is 2.21. The van der Waals surface area contributed by atoms with Crippen LogP contribution in [0.25, 0.3) is 0 Å². The molecular formula is C10H19FN2O2. The Bertz CT molecular complexity index is 240. The van der Waals surface area contributed by atoms with E-state index in [2.05, 4.69) is 0 Å². The van der Waals surface area contributed by atoms with E-state index in [0.29, 0.717) is 13.0 Å². The Kier molecular flexibility index (Phi) is 3.54. The summed E-state index contributed by atoms with van der Waals surface area (Å²) in [5, 5.41) is 0. The Morgan fingerprint density at radius 3 is 2.60 bits per heavy atom. The van der Waals surface area contributed by atoms with Crippen molar-refractivity contribution < 1.29 is 13.9 Å². The van der Waals surface area contributed by atoms with E-state index in [9.17, 15) is 9.18 Å². The summed E-state index contributed by atoms with van der Waals surface area (Å²) in [5.41, 5.74) is 5.14. The molecule has 0 saturated carbocycles. The second kappa shape index (κ2) is 4.35. The zero-order valence-corrected chi connectivity index (χ0v) is 9.50. The van der Waals surface area contributed by atoms with Gasteiger partial charge >= 0.3 is 6.09 Å². The second-order valence-electron chi connectivity index (χ2n) is 4.86. The number of rotatable bonds is 0. The van der Waals surface area contributed by atoms with Crippen molar-refractivity contribution in [3.63, 3.8) is 0 Å². The van der Waals surface area contributed by atoms with Gasteiger partial charge in [0, 0.05) is 13.0 Å². The fourth-order valence-corrected chi connectivity index (χ4v) is 1.50. The summed E-state index contributed by atoms with van der Waals surface area (Å²) < 4.78 is 18.1. The average molecular weight is 218 g/mol. The number of hydrogen-bond acceptors (Lipinski definition) is 3. The Balaban J connectivity index is 2.53. The van der Waals surface area contributed by atoms with Crippen LogP contribution >= 0.6 is 0 Å². The number of ether oxygens (including phenoxy) is 1. The van der Waals surface area contributed by atoms with E-state index in [1.807, 2.05) is 0 Å². The summed E-state index contributed by atoms with van der Waals surface area (Å²) in [5.74, 6) is 0. The first kappa shape index (κ1) is 12.2. The normalized spacial score (nSPS) is 27.7. The highest BCUT2D eigenvalue weighted by atomic mass is 19.1. The third kappa shape index (κ3) is 3.66. The second-order valence-corrected chi connectivity index (χ2v) is 4.86. The van der Waals surface area contributed by atoms with Gasteiger partial charge in [0.25, 0.3) is 0 Å². The fourth-order valence-electron chi connectivity index (χ4n) is 1.50. The maximum Gasteiger partial charge on any atom is 0.411 e. The van der Waals surface area contributed by atoms with E-state index in [-0.39, 0.29) is 6.42 Å². The van der Waals surface area contributed by atoms with Gasteiger partial charge in [-0.3, -0.25) is 4.90 Å². The lowest BCUT2D eigenvalue weighted by Gasteiger charge is -2.35. The molecule has 2 N–H and O–H groups in total. The van der Waals surface area contributed by atoms with Crippen molar-refractivity contribution in [1.82, 2.24) is 4.90 Å². The maximum absolute atomic E-state index is 12.9. The maximum atomic E-state index is 12.9. The van der Waals surface area contributed by atoms with Crippen LogP contribution < -0.4 is 5.73 Å². The van der Waals surface area contributed by atoms with Crippen molar-refractivity contribution in [3.05, 3.63) is 0 Å². The molecule has 1 saturated heterocycles. The number of halogens is 1. The standard InChI is InChI=1S/C10H19FN2O2/c1-10(2,3)15-9(14)13-5-4-7(11)6-8(13)12/h7-8H,4-6,12H2,1-3H3. The predicted octanol–water partition coefficient (Wildman–Crippen LogP) is 1.64. The molecule has 0 bridgehead atoms. The first-order valence-electron chi connectivity index (χ1n) is 5.19. The quantitative estimate of drug-likeness (QED) is 0.672. The summed E-state index contributed by atoms with van der Waals surface area (Å²) in [6, 6.07) is 0. The van der Waals surface area contributed by atoms with Gasteiger partial charge in [-0.05, 0) is 27.2 Å². The minimum Gasteiger partial charge on any atom is -0.444 e. The summed E-state index contributed by atoms with van der Waals surface area (Å²) in [4.78, 5) is 13.0. The van der Waals surface area contributed by atoms with E-state index < -0.39 is 24.0 Å². The minimum atomic E-state index is -0.904. The molecule has 0 aromatic rings. The summed E-state index contributed by atoms with van der Waals surface area (Å²) in [6.45, 7) is 5.70. The molecule has 88 valence electrons. The van der Waals surface area contributed by atoms with Crippen LogP contribution in [-0.2, 0) is 4.74 Å². The molecule has 1 heterocycles. The van der Waals surface area contributed by atoms with Crippen molar-refractivity contribution in [2.75, 3.05) is 6.54 Å². The van der Waals surface area contributed by atoms with Crippen LogP contribution in [0.15, 0.2) is 0 Å². The molecule has 0 aromatic heterocycles. The molecule has 4 nitrogen and oxygen atoms in total. The van der Waals surface area contributed by atoms with Crippen molar-refractivity contribution in [2.45, 2.75) is 51.6 Å². The molecule has 5 heteroatoms. The summed E-state index contributed by atoms with van der Waals surface area (Å²) >= 11 is 0. The van der Waals surface area contributed by atoms with Crippen LogP contribution in [0.3, 0.4) is 0 Å². The van der Waals surface area contributed by atoms with Crippen LogP contribution in [0.5, 0.6) is 0 Å². The van der Waals surface area contributed by atoms with Crippen molar-refractivity contribution in [2.24, 2.45) is 5.73 Å². The molecule has 2 unspecified atom stereocenters. The number of alkyl halides is 1. The van der Waals surface area contributed by atoms with Crippen LogP contribution in [-0.4, -0.2) is 35.5 Å². The monoisotopic (exact) mass is 218 g/mol. The number of carbonyl (C=O) groups is 1. The molecule has 15 heavy (non-hydrogen) atoms. The van der Waals surface area contributed by atoms with E-state index in [1.165, 1.54) is 4.90 Å². The largest absolute Gasteiger partial charge is 0.444 e. The topological polar surface area (TPSA) is 55.6 Å². The number of amides is 1. The molecule has 0 spiro atoms. The lowest BCUT2D eigenvalue weighted by molar-refractivity contribution is 0.00313. The first-order valence-corrected chi connectivity index (χ1v) is 5.19. The Morgan fingerprint density at radius 1 is 1.53 bits per heavy atom. The first-order chi connectivity index (χ1) is 6.79. The number of carbonyl (C=O) groups excluding carboxylic acids is 1. The number of likely N-dealkylation sites (tertiary alicyclic amines) is 1. The SMILES string of the molecule is CC(C)(C)OC(=O)N1CCC(F)CC1N. The summed E-state index contributed by atoms with van der Waals surface area (Å²) in [6.07, 6.45) is -1.39. The molecule has 1 aliphatic heterocycles. The summed E-state index contributed by atoms with van der Waals surface area (Å²) in [7, 11) is 0. The fraction of sp³-hybridized carbons (Fsp3) is 0.900. The van der Waals surface area contributed by atoms with Gasteiger partial charge in [-0.25, -0.2) is 9.18 Å². The molecule has 1 rings (SSSR count). The number of hydrogen-bond donors (Lipinski definition) is 1.